The molecule has 22 heavy (non-hydrogen) atoms. The van der Waals surface area contributed by atoms with Gasteiger partial charge >= 0.3 is 5.97 Å². The number of primary sulfonamides is 1. The van der Waals surface area contributed by atoms with Gasteiger partial charge < -0.3 is 15.2 Å². The lowest BCUT2D eigenvalue weighted by Gasteiger charge is -2.12. The molecular formula is C13H16N2O6S. The molecule has 0 saturated carbocycles. The molecule has 1 fully saturated rings. The summed E-state index contributed by atoms with van der Waals surface area (Å²) in [5.74, 6) is -1.79. The Bertz CT molecular complexity index is 670. The van der Waals surface area contributed by atoms with Gasteiger partial charge in [0, 0.05) is 5.69 Å². The molecule has 2 atom stereocenters. The number of hydrogen-bond acceptors (Lipinski definition) is 5. The second-order valence-corrected chi connectivity index (χ2v) is 6.64. The molecule has 1 aromatic carbocycles. The van der Waals surface area contributed by atoms with E-state index in [0.29, 0.717) is 24.1 Å². The zero-order valence-corrected chi connectivity index (χ0v) is 12.4. The van der Waals surface area contributed by atoms with Crippen molar-refractivity contribution in [2.75, 3.05) is 5.32 Å². The Kier molecular flexibility index (Phi) is 4.79. The first-order chi connectivity index (χ1) is 10.2. The number of carboxylic acids is 1. The van der Waals surface area contributed by atoms with Gasteiger partial charge in [-0.1, -0.05) is 12.1 Å². The second kappa shape index (κ2) is 6.42. The SMILES string of the molecule is NS(=O)(=O)Cc1ccc(NC(=O)[C@@H]2CC[C@H](C(=O)O)O2)cc1. The van der Waals surface area contributed by atoms with Crippen LogP contribution in [0.25, 0.3) is 0 Å². The molecule has 0 radical (unpaired) electrons. The summed E-state index contributed by atoms with van der Waals surface area (Å²) in [7, 11) is -3.60. The maximum absolute atomic E-state index is 12.0. The molecule has 1 amide bonds. The third kappa shape index (κ3) is 4.52. The Morgan fingerprint density at radius 1 is 1.23 bits per heavy atom. The lowest BCUT2D eigenvalue weighted by molar-refractivity contribution is -0.150. The van der Waals surface area contributed by atoms with Gasteiger partial charge in [-0.3, -0.25) is 4.79 Å². The van der Waals surface area contributed by atoms with E-state index in [-0.39, 0.29) is 5.75 Å². The predicted octanol–water partition coefficient (Wildman–Crippen LogP) is 0.0458. The van der Waals surface area contributed by atoms with E-state index in [1.54, 1.807) is 12.1 Å². The Labute approximate surface area is 127 Å². The third-order valence-electron chi connectivity index (χ3n) is 3.18. The largest absolute Gasteiger partial charge is 0.479 e. The van der Waals surface area contributed by atoms with E-state index in [1.165, 1.54) is 12.1 Å². The lowest BCUT2D eigenvalue weighted by atomic mass is 10.2. The van der Waals surface area contributed by atoms with Gasteiger partial charge in [-0.2, -0.15) is 0 Å². The molecule has 1 saturated heterocycles. The Hall–Kier alpha value is -1.97. The maximum atomic E-state index is 12.0. The van der Waals surface area contributed by atoms with Crippen LogP contribution in [0, 0.1) is 0 Å². The molecule has 1 heterocycles. The van der Waals surface area contributed by atoms with Crippen LogP contribution in [0.3, 0.4) is 0 Å². The van der Waals surface area contributed by atoms with Crippen LogP contribution >= 0.6 is 0 Å². The van der Waals surface area contributed by atoms with E-state index in [4.69, 9.17) is 15.0 Å². The molecule has 0 spiro atoms. The molecule has 0 aliphatic carbocycles. The number of rotatable bonds is 5. The van der Waals surface area contributed by atoms with Gasteiger partial charge in [-0.15, -0.1) is 0 Å². The average Bonchev–Trinajstić information content (AvgIpc) is 2.89. The Morgan fingerprint density at radius 3 is 2.32 bits per heavy atom. The summed E-state index contributed by atoms with van der Waals surface area (Å²) in [5.41, 5.74) is 0.967. The minimum atomic E-state index is -3.60. The van der Waals surface area contributed by atoms with E-state index in [1.807, 2.05) is 0 Å². The highest BCUT2D eigenvalue weighted by Crippen LogP contribution is 2.21. The highest BCUT2D eigenvalue weighted by atomic mass is 32.2. The summed E-state index contributed by atoms with van der Waals surface area (Å²) in [4.78, 5) is 22.7. The number of ether oxygens (including phenoxy) is 1. The number of hydrogen-bond donors (Lipinski definition) is 3. The number of nitrogens with two attached hydrogens (primary N) is 1. The Morgan fingerprint density at radius 2 is 1.82 bits per heavy atom. The second-order valence-electron chi connectivity index (χ2n) is 5.02. The van der Waals surface area contributed by atoms with Gasteiger partial charge in [0.05, 0.1) is 5.75 Å². The summed E-state index contributed by atoms with van der Waals surface area (Å²) in [5, 5.41) is 16.4. The first-order valence-electron chi connectivity index (χ1n) is 6.53. The highest BCUT2D eigenvalue weighted by molar-refractivity contribution is 7.88. The van der Waals surface area contributed by atoms with E-state index < -0.39 is 34.1 Å². The molecule has 120 valence electrons. The molecule has 0 unspecified atom stereocenters. The van der Waals surface area contributed by atoms with E-state index in [0.717, 1.165) is 0 Å². The highest BCUT2D eigenvalue weighted by Gasteiger charge is 2.34. The minimum Gasteiger partial charge on any atom is -0.479 e. The molecule has 2 rings (SSSR count). The Balaban J connectivity index is 1.94. The predicted molar refractivity (Wildman–Crippen MR) is 77.4 cm³/mol. The van der Waals surface area contributed by atoms with Crippen molar-refractivity contribution in [3.05, 3.63) is 29.8 Å². The molecule has 8 nitrogen and oxygen atoms in total. The molecule has 1 aliphatic rings. The van der Waals surface area contributed by atoms with Crippen molar-refractivity contribution in [3.8, 4) is 0 Å². The lowest BCUT2D eigenvalue weighted by Crippen LogP contribution is -2.29. The summed E-state index contributed by atoms with van der Waals surface area (Å²) < 4.78 is 27.1. The van der Waals surface area contributed by atoms with Gasteiger partial charge in [0.1, 0.15) is 6.10 Å². The standard InChI is InChI=1S/C13H16N2O6S/c14-22(19,20)7-8-1-3-9(4-2-8)15-12(16)10-5-6-11(21-10)13(17)18/h1-4,10-11H,5-7H2,(H,15,16)(H,17,18)(H2,14,19,20)/t10-,11+/m0/s1. The zero-order valence-electron chi connectivity index (χ0n) is 11.6. The number of amides is 1. The first-order valence-corrected chi connectivity index (χ1v) is 8.25. The number of sulfonamides is 1. The van der Waals surface area contributed by atoms with Crippen molar-refractivity contribution >= 4 is 27.6 Å². The fraction of sp³-hybridized carbons (Fsp3) is 0.385. The van der Waals surface area contributed by atoms with Crippen LogP contribution in [0.1, 0.15) is 18.4 Å². The van der Waals surface area contributed by atoms with Crippen LogP contribution in [-0.4, -0.2) is 37.6 Å². The third-order valence-corrected chi connectivity index (χ3v) is 3.91. The van der Waals surface area contributed by atoms with E-state index in [2.05, 4.69) is 5.32 Å². The summed E-state index contributed by atoms with van der Waals surface area (Å²) in [6.45, 7) is 0. The molecule has 1 aromatic rings. The zero-order chi connectivity index (χ0) is 16.3. The van der Waals surface area contributed by atoms with Crippen LogP contribution < -0.4 is 10.5 Å². The summed E-state index contributed by atoms with van der Waals surface area (Å²) in [6.07, 6.45) is -1.12. The molecule has 9 heteroatoms. The number of benzene rings is 1. The normalized spacial score (nSPS) is 21.5. The van der Waals surface area contributed by atoms with Crippen LogP contribution in [0.15, 0.2) is 24.3 Å². The summed E-state index contributed by atoms with van der Waals surface area (Å²) >= 11 is 0. The van der Waals surface area contributed by atoms with E-state index in [9.17, 15) is 18.0 Å². The van der Waals surface area contributed by atoms with Gasteiger partial charge in [0.15, 0.2) is 6.10 Å². The number of nitrogens with one attached hydrogen (secondary N) is 1. The van der Waals surface area contributed by atoms with Gasteiger partial charge in [-0.05, 0) is 30.5 Å². The van der Waals surface area contributed by atoms with Gasteiger partial charge in [-0.25, -0.2) is 18.4 Å². The van der Waals surface area contributed by atoms with Crippen LogP contribution in [-0.2, 0) is 30.1 Å². The van der Waals surface area contributed by atoms with Crippen molar-refractivity contribution < 1.29 is 27.9 Å². The topological polar surface area (TPSA) is 136 Å². The summed E-state index contributed by atoms with van der Waals surface area (Å²) in [6, 6.07) is 6.16. The van der Waals surface area contributed by atoms with Crippen molar-refractivity contribution in [1.82, 2.24) is 0 Å². The van der Waals surface area contributed by atoms with Gasteiger partial charge in [0.2, 0.25) is 10.0 Å². The quantitative estimate of drug-likeness (QED) is 0.698. The molecular weight excluding hydrogens is 312 g/mol. The number of carboxylic acid groups (broad SMARTS) is 1. The van der Waals surface area contributed by atoms with Crippen LogP contribution in [0.2, 0.25) is 0 Å². The number of carbonyl (C=O) groups excluding carboxylic acids is 1. The fourth-order valence-electron chi connectivity index (χ4n) is 2.15. The molecule has 0 bridgehead atoms. The van der Waals surface area contributed by atoms with Crippen molar-refractivity contribution in [3.63, 3.8) is 0 Å². The smallest absolute Gasteiger partial charge is 0.332 e. The molecule has 0 aromatic heterocycles. The minimum absolute atomic E-state index is 0.284. The molecule has 4 N–H and O–H groups in total. The van der Waals surface area contributed by atoms with Crippen molar-refractivity contribution in [1.29, 1.82) is 0 Å². The first kappa shape index (κ1) is 16.4. The number of carbonyl (C=O) groups is 2. The van der Waals surface area contributed by atoms with Crippen molar-refractivity contribution in [2.24, 2.45) is 5.14 Å². The van der Waals surface area contributed by atoms with Crippen LogP contribution in [0.5, 0.6) is 0 Å². The van der Waals surface area contributed by atoms with E-state index >= 15 is 0 Å². The number of anilines is 1. The average molecular weight is 328 g/mol. The molecule has 1 aliphatic heterocycles. The monoisotopic (exact) mass is 328 g/mol. The number of aliphatic carboxylic acids is 1. The van der Waals surface area contributed by atoms with Gasteiger partial charge in [0.25, 0.3) is 5.91 Å². The fourth-order valence-corrected chi connectivity index (χ4v) is 2.81. The van der Waals surface area contributed by atoms with Crippen LogP contribution in [0.4, 0.5) is 5.69 Å². The van der Waals surface area contributed by atoms with Crippen molar-refractivity contribution in [2.45, 2.75) is 30.8 Å². The maximum Gasteiger partial charge on any atom is 0.332 e.